The fourth-order valence-corrected chi connectivity index (χ4v) is 4.88. The van der Waals surface area contributed by atoms with E-state index in [1.807, 2.05) is 0 Å². The normalized spacial score (nSPS) is 38.5. The molecule has 2 aliphatic heterocycles. The lowest BCUT2D eigenvalue weighted by Crippen LogP contribution is -2.21. The molecule has 0 aromatic heterocycles. The lowest BCUT2D eigenvalue weighted by Gasteiger charge is -2.23. The predicted molar refractivity (Wildman–Crippen MR) is 147 cm³/mol. The van der Waals surface area contributed by atoms with Crippen LogP contribution in [0.4, 0.5) is 0 Å². The summed E-state index contributed by atoms with van der Waals surface area (Å²) in [4.78, 5) is 0. The smallest absolute Gasteiger partial charge is 0.0547 e. The summed E-state index contributed by atoms with van der Waals surface area (Å²) in [6, 6.07) is 0. The van der Waals surface area contributed by atoms with Gasteiger partial charge in [-0.3, -0.25) is 0 Å². The number of ether oxygens (including phenoxy) is 2. The van der Waals surface area contributed by atoms with E-state index in [0.29, 0.717) is 12.2 Å². The molecule has 4 atom stereocenters. The minimum Gasteiger partial charge on any atom is -0.412 e. The van der Waals surface area contributed by atoms with Gasteiger partial charge in [0.2, 0.25) is 0 Å². The highest BCUT2D eigenvalue weighted by Crippen LogP contribution is 2.28. The van der Waals surface area contributed by atoms with E-state index in [4.69, 9.17) is 9.47 Å². The summed E-state index contributed by atoms with van der Waals surface area (Å²) in [7, 11) is 0. The lowest BCUT2D eigenvalue weighted by molar-refractivity contribution is 0.000174. The highest BCUT2D eigenvalue weighted by Gasteiger charge is 2.15. The van der Waals surface area contributed by atoms with Crippen LogP contribution in [0, 0.1) is 35.5 Å². The van der Waals surface area contributed by atoms with Crippen molar-refractivity contribution in [1.82, 2.24) is 0 Å². The Bertz CT molecular complexity index is 295. The Kier molecular flexibility index (Phi) is 19.0. The van der Waals surface area contributed by atoms with Crippen LogP contribution in [0.5, 0.6) is 0 Å². The lowest BCUT2D eigenvalue weighted by atomic mass is 9.84. The second kappa shape index (κ2) is 19.1. The van der Waals surface area contributed by atoms with Crippen molar-refractivity contribution in [1.29, 1.82) is 0 Å². The van der Waals surface area contributed by atoms with Crippen molar-refractivity contribution in [3.8, 4) is 0 Å². The van der Waals surface area contributed by atoms with E-state index >= 15 is 0 Å². The van der Waals surface area contributed by atoms with Gasteiger partial charge in [-0.15, -0.1) is 0 Å². The maximum atomic E-state index is 5.39. The second-order valence-electron chi connectivity index (χ2n) is 12.4. The highest BCUT2D eigenvalue weighted by atomic mass is 16.5. The molecule has 0 bridgehead atoms. The maximum Gasteiger partial charge on any atom is 0.0547 e. The molecule has 0 amide bonds. The van der Waals surface area contributed by atoms with Crippen molar-refractivity contribution in [2.45, 2.75) is 145 Å². The van der Waals surface area contributed by atoms with Crippen LogP contribution in [0.3, 0.4) is 0 Å². The summed E-state index contributed by atoms with van der Waals surface area (Å²) in [5, 5.41) is 0. The van der Waals surface area contributed by atoms with Crippen LogP contribution in [-0.4, -0.2) is 30.9 Å². The molecule has 0 radical (unpaired) electrons. The molecule has 0 aromatic rings. The minimum atomic E-state index is 0. The van der Waals surface area contributed by atoms with E-state index in [1.165, 1.54) is 77.0 Å². The zero-order valence-corrected chi connectivity index (χ0v) is 23.8. The van der Waals surface area contributed by atoms with E-state index in [1.54, 1.807) is 0 Å². The van der Waals surface area contributed by atoms with Gasteiger partial charge in [0.15, 0.2) is 0 Å². The summed E-state index contributed by atoms with van der Waals surface area (Å²) in [6.07, 6.45) is 18.0. The van der Waals surface area contributed by atoms with Gasteiger partial charge >= 0.3 is 0 Å². The van der Waals surface area contributed by atoms with Crippen LogP contribution >= 0.6 is 0 Å². The SMILES string of the molecule is CC1CCC(C)CC1.CC1CCC(C)CC1.CC1CCC(C)OC1.CC1CCC(C)OC1.O.[HH]. The first-order valence-corrected chi connectivity index (χ1v) is 14.4. The fraction of sp³-hybridized carbons (Fsp3) is 1.00. The molecule has 3 nitrogen and oxygen atoms in total. The van der Waals surface area contributed by atoms with E-state index in [-0.39, 0.29) is 6.90 Å². The Labute approximate surface area is 210 Å². The van der Waals surface area contributed by atoms with Crippen molar-refractivity contribution < 1.29 is 16.4 Å². The van der Waals surface area contributed by atoms with Gasteiger partial charge in [-0.25, -0.2) is 0 Å². The molecule has 0 spiro atoms. The molecule has 4 aliphatic rings. The predicted octanol–water partition coefficient (Wildman–Crippen LogP) is 8.73. The summed E-state index contributed by atoms with van der Waals surface area (Å²) < 4.78 is 10.8. The molecule has 3 heteroatoms. The molecule has 2 aliphatic carbocycles. The van der Waals surface area contributed by atoms with Gasteiger partial charge in [-0.2, -0.15) is 0 Å². The summed E-state index contributed by atoms with van der Waals surface area (Å²) in [6.45, 7) is 20.2. The summed E-state index contributed by atoms with van der Waals surface area (Å²) >= 11 is 0. The quantitative estimate of drug-likeness (QED) is 0.354. The van der Waals surface area contributed by atoms with E-state index < -0.39 is 0 Å². The first-order valence-electron chi connectivity index (χ1n) is 14.4. The van der Waals surface area contributed by atoms with Crippen LogP contribution in [0.2, 0.25) is 0 Å². The van der Waals surface area contributed by atoms with Crippen molar-refractivity contribution in [2.24, 2.45) is 35.5 Å². The maximum absolute atomic E-state index is 5.39. The molecule has 2 saturated heterocycles. The zero-order valence-electron chi connectivity index (χ0n) is 23.8. The molecular weight excluding hydrogens is 408 g/mol. The topological polar surface area (TPSA) is 50.0 Å². The van der Waals surface area contributed by atoms with Gasteiger partial charge in [0.05, 0.1) is 12.2 Å². The Morgan fingerprint density at radius 2 is 0.576 bits per heavy atom. The Morgan fingerprint density at radius 3 is 0.727 bits per heavy atom. The first kappa shape index (κ1) is 32.9. The van der Waals surface area contributed by atoms with E-state index in [2.05, 4.69) is 55.4 Å². The van der Waals surface area contributed by atoms with Gasteiger partial charge in [0.25, 0.3) is 0 Å². The molecule has 2 N–H and O–H groups in total. The number of hydrogen-bond acceptors (Lipinski definition) is 2. The fourth-order valence-electron chi connectivity index (χ4n) is 4.88. The van der Waals surface area contributed by atoms with Gasteiger partial charge in [0, 0.05) is 14.6 Å². The standard InChI is InChI=1S/2C8H16.2C7H14O.H2O.H2/c2*1-7-3-5-8(2)6-4-7;2*1-6-3-4-7(2)8-5-6;;/h2*7-8H,3-6H2,1-2H3;2*6-7H,3-5H2,1-2H3;1H2;1H. The van der Waals surface area contributed by atoms with Gasteiger partial charge in [0.1, 0.15) is 0 Å². The molecule has 2 heterocycles. The van der Waals surface area contributed by atoms with E-state index in [0.717, 1.165) is 48.7 Å². The van der Waals surface area contributed by atoms with Crippen molar-refractivity contribution in [2.75, 3.05) is 13.2 Å². The Balaban J connectivity index is 0. The number of rotatable bonds is 0. The first-order chi connectivity index (χ1) is 15.2. The van der Waals surface area contributed by atoms with Crippen molar-refractivity contribution >= 4 is 0 Å². The second-order valence-corrected chi connectivity index (χ2v) is 12.4. The molecule has 2 saturated carbocycles. The number of hydrogen-bond donors (Lipinski definition) is 0. The Morgan fingerprint density at radius 1 is 0.364 bits per heavy atom. The average Bonchev–Trinajstić information content (AvgIpc) is 2.78. The highest BCUT2D eigenvalue weighted by molar-refractivity contribution is 4.67. The molecule has 202 valence electrons. The summed E-state index contributed by atoms with van der Waals surface area (Å²) in [5.74, 6) is 5.67. The monoisotopic (exact) mass is 472 g/mol. The van der Waals surface area contributed by atoms with Crippen LogP contribution in [0.1, 0.15) is 134 Å². The van der Waals surface area contributed by atoms with Gasteiger partial charge < -0.3 is 14.9 Å². The van der Waals surface area contributed by atoms with Crippen molar-refractivity contribution in [3.63, 3.8) is 0 Å². The Hall–Kier alpha value is -0.120. The van der Waals surface area contributed by atoms with Crippen LogP contribution < -0.4 is 0 Å². The minimum absolute atomic E-state index is 0. The third-order valence-corrected chi connectivity index (χ3v) is 8.07. The molecule has 0 aromatic carbocycles. The van der Waals surface area contributed by atoms with Gasteiger partial charge in [-0.1, -0.05) is 92.9 Å². The largest absolute Gasteiger partial charge is 0.412 e. The summed E-state index contributed by atoms with van der Waals surface area (Å²) in [5.41, 5.74) is 0. The molecular formula is C30H64O3. The van der Waals surface area contributed by atoms with Crippen LogP contribution in [-0.2, 0) is 9.47 Å². The molecule has 4 rings (SSSR count). The van der Waals surface area contributed by atoms with Crippen molar-refractivity contribution in [3.05, 3.63) is 0 Å². The molecule has 33 heavy (non-hydrogen) atoms. The average molecular weight is 473 g/mol. The van der Waals surface area contributed by atoms with E-state index in [9.17, 15) is 0 Å². The van der Waals surface area contributed by atoms with Crippen LogP contribution in [0.15, 0.2) is 0 Å². The third-order valence-electron chi connectivity index (χ3n) is 8.07. The third kappa shape index (κ3) is 17.9. The zero-order chi connectivity index (χ0) is 23.9. The molecule has 4 unspecified atom stereocenters. The van der Waals surface area contributed by atoms with Gasteiger partial charge in [-0.05, 0) is 75.0 Å². The van der Waals surface area contributed by atoms with Crippen LogP contribution in [0.25, 0.3) is 0 Å². The molecule has 4 fully saturated rings.